The summed E-state index contributed by atoms with van der Waals surface area (Å²) in [6.07, 6.45) is 0.741. The van der Waals surface area contributed by atoms with E-state index in [1.165, 1.54) is 12.1 Å². The van der Waals surface area contributed by atoms with Gasteiger partial charge in [-0.1, -0.05) is 6.92 Å². The van der Waals surface area contributed by atoms with Crippen LogP contribution in [-0.4, -0.2) is 34.0 Å². The molecular weight excluding hydrogens is 278 g/mol. The maximum absolute atomic E-state index is 11.9. The van der Waals surface area contributed by atoms with Crippen LogP contribution in [0.5, 0.6) is 0 Å². The largest absolute Gasteiger partial charge is 0.376 e. The molecule has 0 aliphatic heterocycles. The molecule has 6 nitrogen and oxygen atoms in total. The van der Waals surface area contributed by atoms with Crippen molar-refractivity contribution >= 4 is 21.6 Å². The van der Waals surface area contributed by atoms with Gasteiger partial charge in [0.05, 0.1) is 11.4 Å². The number of carbonyl (C=O) groups excluding carboxylic acids is 1. The fourth-order valence-corrected chi connectivity index (χ4v) is 2.65. The lowest BCUT2D eigenvalue weighted by molar-refractivity contribution is -0.119. The number of anilines is 1. The summed E-state index contributed by atoms with van der Waals surface area (Å²) in [4.78, 5) is 11.5. The third kappa shape index (κ3) is 5.18. The average molecular weight is 299 g/mol. The number of hydrogen-bond donors (Lipinski definition) is 3. The zero-order valence-corrected chi connectivity index (χ0v) is 12.6. The minimum atomic E-state index is -3.44. The second-order valence-corrected chi connectivity index (χ2v) is 6.00. The highest BCUT2D eigenvalue weighted by Gasteiger charge is 2.12. The molecule has 1 rings (SSSR count). The van der Waals surface area contributed by atoms with Gasteiger partial charge in [-0.15, -0.1) is 0 Å². The highest BCUT2D eigenvalue weighted by Crippen LogP contribution is 2.13. The van der Waals surface area contributed by atoms with Gasteiger partial charge in [0.1, 0.15) is 0 Å². The number of nitrogens with one attached hydrogen (secondary N) is 3. The number of amides is 1. The quantitative estimate of drug-likeness (QED) is 0.666. The molecule has 3 N–H and O–H groups in total. The molecule has 0 heterocycles. The van der Waals surface area contributed by atoms with Gasteiger partial charge in [0.2, 0.25) is 15.9 Å². The van der Waals surface area contributed by atoms with Crippen molar-refractivity contribution < 1.29 is 13.2 Å². The number of likely N-dealkylation sites (N-methyl/N-ethyl adjacent to an activating group) is 1. The first-order valence-electron chi connectivity index (χ1n) is 6.60. The molecule has 1 aromatic carbocycles. The van der Waals surface area contributed by atoms with Gasteiger partial charge in [-0.2, -0.15) is 0 Å². The van der Waals surface area contributed by atoms with Gasteiger partial charge in [-0.25, -0.2) is 13.1 Å². The summed E-state index contributed by atoms with van der Waals surface area (Å²) in [5.41, 5.74) is 0.700. The molecule has 0 atom stereocenters. The number of rotatable bonds is 8. The van der Waals surface area contributed by atoms with Crippen molar-refractivity contribution in [2.24, 2.45) is 0 Å². The van der Waals surface area contributed by atoms with Gasteiger partial charge < -0.3 is 10.6 Å². The Kier molecular flexibility index (Phi) is 6.47. The van der Waals surface area contributed by atoms with Crippen LogP contribution in [0, 0.1) is 0 Å². The molecular formula is C13H21N3O3S. The highest BCUT2D eigenvalue weighted by molar-refractivity contribution is 7.89. The maximum Gasteiger partial charge on any atom is 0.240 e. The van der Waals surface area contributed by atoms with Crippen LogP contribution < -0.4 is 15.4 Å². The molecule has 0 aliphatic rings. The van der Waals surface area contributed by atoms with Crippen molar-refractivity contribution in [2.45, 2.75) is 25.2 Å². The first kappa shape index (κ1) is 16.5. The van der Waals surface area contributed by atoms with Gasteiger partial charge in [0.25, 0.3) is 0 Å². The van der Waals surface area contributed by atoms with Crippen molar-refractivity contribution in [3.63, 3.8) is 0 Å². The Hall–Kier alpha value is -1.60. The van der Waals surface area contributed by atoms with E-state index in [4.69, 9.17) is 0 Å². The van der Waals surface area contributed by atoms with Gasteiger partial charge in [0, 0.05) is 18.8 Å². The third-order valence-electron chi connectivity index (χ3n) is 2.53. The predicted octanol–water partition coefficient (Wildman–Crippen LogP) is 0.923. The molecule has 112 valence electrons. The van der Waals surface area contributed by atoms with Crippen LogP contribution in [0.15, 0.2) is 29.2 Å². The zero-order chi connectivity index (χ0) is 15.0. The Morgan fingerprint density at radius 2 is 1.80 bits per heavy atom. The summed E-state index contributed by atoms with van der Waals surface area (Å²) in [5, 5.41) is 5.59. The first-order valence-corrected chi connectivity index (χ1v) is 8.08. The molecule has 0 aromatic heterocycles. The molecule has 1 amide bonds. The molecule has 20 heavy (non-hydrogen) atoms. The number of hydrogen-bond acceptors (Lipinski definition) is 4. The second kappa shape index (κ2) is 7.86. The zero-order valence-electron chi connectivity index (χ0n) is 11.8. The molecule has 0 unspecified atom stereocenters. The Balaban J connectivity index is 2.62. The van der Waals surface area contributed by atoms with Gasteiger partial charge in [-0.3, -0.25) is 4.79 Å². The summed E-state index contributed by atoms with van der Waals surface area (Å²) >= 11 is 0. The minimum Gasteiger partial charge on any atom is -0.376 e. The molecule has 0 spiro atoms. The monoisotopic (exact) mass is 299 g/mol. The van der Waals surface area contributed by atoms with Crippen LogP contribution in [0.3, 0.4) is 0 Å². The lowest BCUT2D eigenvalue weighted by Gasteiger charge is -2.08. The smallest absolute Gasteiger partial charge is 0.240 e. The molecule has 0 saturated heterocycles. The van der Waals surface area contributed by atoms with E-state index in [1.54, 1.807) is 12.1 Å². The lowest BCUT2D eigenvalue weighted by atomic mass is 10.3. The fraction of sp³-hybridized carbons (Fsp3) is 0.462. The fourth-order valence-electron chi connectivity index (χ4n) is 1.51. The van der Waals surface area contributed by atoms with Gasteiger partial charge in [-0.05, 0) is 37.6 Å². The van der Waals surface area contributed by atoms with Crippen LogP contribution >= 0.6 is 0 Å². The van der Waals surface area contributed by atoms with Crippen molar-refractivity contribution in [1.82, 2.24) is 10.0 Å². The van der Waals surface area contributed by atoms with Crippen molar-refractivity contribution in [1.29, 1.82) is 0 Å². The van der Waals surface area contributed by atoms with E-state index in [1.807, 2.05) is 13.8 Å². The van der Waals surface area contributed by atoms with Crippen LogP contribution in [-0.2, 0) is 14.8 Å². The number of carbonyl (C=O) groups is 1. The summed E-state index contributed by atoms with van der Waals surface area (Å²) in [6, 6.07) is 6.30. The molecule has 0 saturated carbocycles. The van der Waals surface area contributed by atoms with E-state index in [0.29, 0.717) is 18.8 Å². The van der Waals surface area contributed by atoms with Crippen LogP contribution in [0.1, 0.15) is 20.3 Å². The topological polar surface area (TPSA) is 87.3 Å². The van der Waals surface area contributed by atoms with Crippen LogP contribution in [0.2, 0.25) is 0 Å². The van der Waals surface area contributed by atoms with E-state index in [2.05, 4.69) is 15.4 Å². The van der Waals surface area contributed by atoms with Gasteiger partial charge >= 0.3 is 0 Å². The normalized spacial score (nSPS) is 11.1. The maximum atomic E-state index is 11.9. The van der Waals surface area contributed by atoms with Crippen LogP contribution in [0.25, 0.3) is 0 Å². The Morgan fingerprint density at radius 1 is 1.15 bits per heavy atom. The van der Waals surface area contributed by atoms with Crippen molar-refractivity contribution in [3.05, 3.63) is 24.3 Å². The molecule has 1 aromatic rings. The SMILES string of the molecule is CCCNS(=O)(=O)c1ccc(NCC(=O)NCC)cc1. The average Bonchev–Trinajstić information content (AvgIpc) is 2.44. The molecule has 0 fully saturated rings. The van der Waals surface area contributed by atoms with E-state index >= 15 is 0 Å². The van der Waals surface area contributed by atoms with E-state index in [-0.39, 0.29) is 17.3 Å². The molecule has 7 heteroatoms. The first-order chi connectivity index (χ1) is 9.49. The van der Waals surface area contributed by atoms with E-state index in [9.17, 15) is 13.2 Å². The number of benzene rings is 1. The standard InChI is InChI=1S/C13H21N3O3S/c1-3-9-16-20(18,19)12-7-5-11(6-8-12)15-10-13(17)14-4-2/h5-8,15-16H,3-4,9-10H2,1-2H3,(H,14,17). The Labute approximate surface area is 120 Å². The van der Waals surface area contributed by atoms with Crippen LogP contribution in [0.4, 0.5) is 5.69 Å². The molecule has 0 bridgehead atoms. The Morgan fingerprint density at radius 3 is 2.35 bits per heavy atom. The summed E-state index contributed by atoms with van der Waals surface area (Å²) in [6.45, 7) is 4.91. The summed E-state index contributed by atoms with van der Waals surface area (Å²) in [7, 11) is -3.44. The summed E-state index contributed by atoms with van der Waals surface area (Å²) in [5.74, 6) is -0.103. The number of sulfonamides is 1. The van der Waals surface area contributed by atoms with Gasteiger partial charge in [0.15, 0.2) is 0 Å². The summed E-state index contributed by atoms with van der Waals surface area (Å²) < 4.78 is 26.2. The van der Waals surface area contributed by atoms with Crippen molar-refractivity contribution in [2.75, 3.05) is 25.0 Å². The Bertz CT molecular complexity index is 526. The lowest BCUT2D eigenvalue weighted by Crippen LogP contribution is -2.29. The minimum absolute atomic E-state index is 0.103. The van der Waals surface area contributed by atoms with E-state index in [0.717, 1.165) is 6.42 Å². The highest BCUT2D eigenvalue weighted by atomic mass is 32.2. The van der Waals surface area contributed by atoms with E-state index < -0.39 is 10.0 Å². The third-order valence-corrected chi connectivity index (χ3v) is 4.01. The second-order valence-electron chi connectivity index (χ2n) is 4.23. The van der Waals surface area contributed by atoms with Crippen molar-refractivity contribution in [3.8, 4) is 0 Å². The molecule has 0 aliphatic carbocycles. The molecule has 0 radical (unpaired) electrons. The predicted molar refractivity (Wildman–Crippen MR) is 79.1 cm³/mol.